The number of H-pyrrole nitrogens is 1. The van der Waals surface area contributed by atoms with Gasteiger partial charge in [0, 0.05) is 24.0 Å². The first kappa shape index (κ1) is 20.3. The highest BCUT2D eigenvalue weighted by atomic mass is 19.1. The molecule has 10 heteroatoms. The van der Waals surface area contributed by atoms with Crippen molar-refractivity contribution >= 4 is 0 Å². The molecule has 164 valence electrons. The Balaban J connectivity index is 1.41. The van der Waals surface area contributed by atoms with Gasteiger partial charge >= 0.3 is 5.69 Å². The molecule has 0 fully saturated rings. The Hall–Kier alpha value is -4.60. The molecule has 0 saturated carbocycles. The number of benzene rings is 1. The van der Waals surface area contributed by atoms with Crippen LogP contribution in [0, 0.1) is 19.7 Å². The van der Waals surface area contributed by atoms with Crippen molar-refractivity contribution in [1.82, 2.24) is 34.3 Å². The standard InChI is InChI=1S/C23H18FN7O2/c1-14-12-30(13-26-14)21-11-18(9-10-25-21)33-19-7-8-20(27-15(19)2)31-23(32)28-22(29-31)16-3-5-17(24)6-4-16/h3-13H,1-2H3,(H,28,29,32). The van der Waals surface area contributed by atoms with Crippen molar-refractivity contribution in [3.63, 3.8) is 0 Å². The predicted octanol–water partition coefficient (Wildman–Crippen LogP) is 3.75. The Morgan fingerprint density at radius 2 is 1.82 bits per heavy atom. The molecule has 0 saturated heterocycles. The zero-order valence-electron chi connectivity index (χ0n) is 17.7. The van der Waals surface area contributed by atoms with Gasteiger partial charge in [-0.25, -0.2) is 24.1 Å². The van der Waals surface area contributed by atoms with E-state index in [-0.39, 0.29) is 5.82 Å². The maximum atomic E-state index is 13.2. The molecule has 0 bridgehead atoms. The molecule has 0 atom stereocenters. The number of hydrogen-bond donors (Lipinski definition) is 1. The highest BCUT2D eigenvalue weighted by Gasteiger charge is 2.13. The van der Waals surface area contributed by atoms with Crippen LogP contribution in [0.2, 0.25) is 0 Å². The summed E-state index contributed by atoms with van der Waals surface area (Å²) >= 11 is 0. The number of ether oxygens (including phenoxy) is 1. The molecule has 33 heavy (non-hydrogen) atoms. The van der Waals surface area contributed by atoms with E-state index in [4.69, 9.17) is 4.74 Å². The van der Waals surface area contributed by atoms with Crippen molar-refractivity contribution in [2.45, 2.75) is 13.8 Å². The lowest BCUT2D eigenvalue weighted by Gasteiger charge is -2.10. The molecule has 4 heterocycles. The van der Waals surface area contributed by atoms with Gasteiger partial charge in [-0.2, -0.15) is 4.68 Å². The maximum absolute atomic E-state index is 13.2. The van der Waals surface area contributed by atoms with E-state index in [1.165, 1.54) is 12.1 Å². The number of hydrogen-bond acceptors (Lipinski definition) is 6. The van der Waals surface area contributed by atoms with E-state index in [0.29, 0.717) is 40.2 Å². The first-order valence-corrected chi connectivity index (χ1v) is 10.0. The molecular formula is C23H18FN7O2. The number of nitrogens with zero attached hydrogens (tertiary/aromatic N) is 6. The summed E-state index contributed by atoms with van der Waals surface area (Å²) in [6, 6.07) is 12.6. The second-order valence-electron chi connectivity index (χ2n) is 7.32. The molecule has 5 aromatic rings. The van der Waals surface area contributed by atoms with Gasteiger partial charge in [0.15, 0.2) is 11.6 Å². The van der Waals surface area contributed by atoms with Gasteiger partial charge in [-0.1, -0.05) is 0 Å². The zero-order chi connectivity index (χ0) is 22.9. The molecular weight excluding hydrogens is 425 g/mol. The van der Waals surface area contributed by atoms with Crippen LogP contribution in [0.4, 0.5) is 4.39 Å². The van der Waals surface area contributed by atoms with Crippen molar-refractivity contribution in [3.05, 3.63) is 94.9 Å². The largest absolute Gasteiger partial charge is 0.455 e. The molecule has 0 aliphatic carbocycles. The highest BCUT2D eigenvalue weighted by Crippen LogP contribution is 2.26. The summed E-state index contributed by atoms with van der Waals surface area (Å²) in [5.74, 6) is 2.07. The average molecular weight is 443 g/mol. The van der Waals surface area contributed by atoms with Crippen LogP contribution in [-0.2, 0) is 0 Å². The van der Waals surface area contributed by atoms with Crippen LogP contribution in [0.1, 0.15) is 11.4 Å². The molecule has 0 spiro atoms. The first-order chi connectivity index (χ1) is 16.0. The number of nitrogens with one attached hydrogen (secondary N) is 1. The molecule has 0 unspecified atom stereocenters. The lowest BCUT2D eigenvalue weighted by Crippen LogP contribution is -2.17. The summed E-state index contributed by atoms with van der Waals surface area (Å²) < 4.78 is 22.1. The lowest BCUT2D eigenvalue weighted by molar-refractivity contribution is 0.474. The van der Waals surface area contributed by atoms with Gasteiger partial charge in [-0.15, -0.1) is 5.10 Å². The Morgan fingerprint density at radius 1 is 1.00 bits per heavy atom. The molecule has 9 nitrogen and oxygen atoms in total. The van der Waals surface area contributed by atoms with E-state index in [1.54, 1.807) is 60.4 Å². The van der Waals surface area contributed by atoms with E-state index in [2.05, 4.69) is 25.0 Å². The fraction of sp³-hybridized carbons (Fsp3) is 0.0870. The number of aromatic amines is 1. The highest BCUT2D eigenvalue weighted by molar-refractivity contribution is 5.54. The average Bonchev–Trinajstić information content (AvgIpc) is 3.42. The smallest absolute Gasteiger partial charge is 0.349 e. The molecule has 0 aliphatic heterocycles. The Labute approximate surface area is 187 Å². The van der Waals surface area contributed by atoms with Crippen LogP contribution < -0.4 is 10.4 Å². The Morgan fingerprint density at radius 3 is 2.55 bits per heavy atom. The summed E-state index contributed by atoms with van der Waals surface area (Å²) in [6.45, 7) is 3.68. The maximum Gasteiger partial charge on any atom is 0.349 e. The fourth-order valence-electron chi connectivity index (χ4n) is 3.26. The minimum absolute atomic E-state index is 0.318. The number of aryl methyl sites for hydroxylation is 2. The summed E-state index contributed by atoms with van der Waals surface area (Å²) in [5.41, 5.74) is 1.59. The summed E-state index contributed by atoms with van der Waals surface area (Å²) in [7, 11) is 0. The van der Waals surface area contributed by atoms with Gasteiger partial charge in [0.2, 0.25) is 0 Å². The zero-order valence-corrected chi connectivity index (χ0v) is 17.7. The molecule has 0 radical (unpaired) electrons. The molecule has 4 aromatic heterocycles. The van der Waals surface area contributed by atoms with Crippen molar-refractivity contribution in [2.75, 3.05) is 0 Å². The van der Waals surface area contributed by atoms with E-state index in [9.17, 15) is 9.18 Å². The Bertz CT molecular complexity index is 1500. The lowest BCUT2D eigenvalue weighted by atomic mass is 10.2. The van der Waals surface area contributed by atoms with Crippen LogP contribution in [0.5, 0.6) is 11.5 Å². The van der Waals surface area contributed by atoms with Crippen molar-refractivity contribution < 1.29 is 9.13 Å². The predicted molar refractivity (Wildman–Crippen MR) is 118 cm³/mol. The number of halogens is 1. The summed E-state index contributed by atoms with van der Waals surface area (Å²) in [6.07, 6.45) is 5.21. The quantitative estimate of drug-likeness (QED) is 0.444. The summed E-state index contributed by atoms with van der Waals surface area (Å²) in [5, 5.41) is 4.29. The topological polar surface area (TPSA) is 104 Å². The third-order valence-electron chi connectivity index (χ3n) is 4.90. The van der Waals surface area contributed by atoms with Crippen molar-refractivity contribution in [1.29, 1.82) is 0 Å². The molecule has 0 amide bonds. The third-order valence-corrected chi connectivity index (χ3v) is 4.90. The SMILES string of the molecule is Cc1cn(-c2cc(Oc3ccc(-n4nc(-c5ccc(F)cc5)[nH]c4=O)nc3C)ccn2)cn1. The van der Waals surface area contributed by atoms with Gasteiger partial charge in [-0.05, 0) is 56.3 Å². The normalized spacial score (nSPS) is 11.0. The Kier molecular flexibility index (Phi) is 5.02. The van der Waals surface area contributed by atoms with Gasteiger partial charge in [-0.3, -0.25) is 9.55 Å². The first-order valence-electron chi connectivity index (χ1n) is 10.0. The van der Waals surface area contributed by atoms with E-state index >= 15 is 0 Å². The van der Waals surface area contributed by atoms with Crippen molar-refractivity contribution in [3.8, 4) is 34.5 Å². The van der Waals surface area contributed by atoms with Crippen LogP contribution >= 0.6 is 0 Å². The van der Waals surface area contributed by atoms with E-state index in [1.807, 2.05) is 13.1 Å². The van der Waals surface area contributed by atoms with Gasteiger partial charge in [0.1, 0.15) is 29.5 Å². The van der Waals surface area contributed by atoms with Crippen LogP contribution in [0.25, 0.3) is 23.0 Å². The van der Waals surface area contributed by atoms with E-state index in [0.717, 1.165) is 10.4 Å². The van der Waals surface area contributed by atoms with Gasteiger partial charge < -0.3 is 4.74 Å². The second-order valence-corrected chi connectivity index (χ2v) is 7.32. The minimum atomic E-state index is -0.454. The molecule has 1 N–H and O–H groups in total. The monoisotopic (exact) mass is 443 g/mol. The van der Waals surface area contributed by atoms with Gasteiger partial charge in [0.05, 0.1) is 11.4 Å². The fourth-order valence-corrected chi connectivity index (χ4v) is 3.26. The number of aromatic nitrogens is 7. The molecule has 5 rings (SSSR count). The van der Waals surface area contributed by atoms with Gasteiger partial charge in [0.25, 0.3) is 0 Å². The number of pyridine rings is 2. The van der Waals surface area contributed by atoms with E-state index < -0.39 is 5.69 Å². The van der Waals surface area contributed by atoms with Crippen LogP contribution in [0.15, 0.2) is 72.0 Å². The number of rotatable bonds is 5. The van der Waals surface area contributed by atoms with Crippen LogP contribution in [0.3, 0.4) is 0 Å². The third kappa shape index (κ3) is 4.13. The van der Waals surface area contributed by atoms with Crippen molar-refractivity contribution in [2.24, 2.45) is 0 Å². The molecule has 0 aliphatic rings. The minimum Gasteiger partial charge on any atom is -0.455 e. The number of imidazole rings is 1. The summed E-state index contributed by atoms with van der Waals surface area (Å²) in [4.78, 5) is 28.1. The van der Waals surface area contributed by atoms with Crippen LogP contribution in [-0.4, -0.2) is 34.3 Å². The molecule has 1 aromatic carbocycles. The second kappa shape index (κ2) is 8.15.